The van der Waals surface area contributed by atoms with E-state index < -0.39 is 0 Å². The van der Waals surface area contributed by atoms with E-state index in [2.05, 4.69) is 15.3 Å². The molecular weight excluding hydrogens is 386 g/mol. The number of carbonyl (C=O) groups is 1. The van der Waals surface area contributed by atoms with E-state index in [1.165, 1.54) is 17.8 Å². The van der Waals surface area contributed by atoms with Gasteiger partial charge >= 0.3 is 0 Å². The predicted octanol–water partition coefficient (Wildman–Crippen LogP) is 4.33. The van der Waals surface area contributed by atoms with Crippen LogP contribution >= 0.6 is 11.3 Å². The van der Waals surface area contributed by atoms with Crippen LogP contribution in [0.4, 0.5) is 5.69 Å². The molecule has 1 aliphatic rings. The fourth-order valence-corrected chi connectivity index (χ4v) is 4.00. The van der Waals surface area contributed by atoms with Gasteiger partial charge in [0.15, 0.2) is 0 Å². The van der Waals surface area contributed by atoms with Crippen molar-refractivity contribution in [3.63, 3.8) is 0 Å². The first-order chi connectivity index (χ1) is 14.3. The molecule has 3 aromatic rings. The standard InChI is InChI=1S/C22H23N3O3S/c26-21(12-17-15-29-22(24-17)16-6-5-10-23-13-16)25-19-8-1-2-9-20(19)28-14-18-7-3-4-11-27-18/h1-2,5-6,8-10,13,15,18H,3-4,7,11-12,14H2,(H,25,26). The number of nitrogens with one attached hydrogen (secondary N) is 1. The summed E-state index contributed by atoms with van der Waals surface area (Å²) in [6.45, 7) is 1.29. The van der Waals surface area contributed by atoms with Crippen LogP contribution in [0.5, 0.6) is 5.75 Å². The largest absolute Gasteiger partial charge is 0.489 e. The number of carbonyl (C=O) groups excluding carboxylic acids is 1. The quantitative estimate of drug-likeness (QED) is 0.629. The zero-order chi connectivity index (χ0) is 19.9. The van der Waals surface area contributed by atoms with Gasteiger partial charge in [0.2, 0.25) is 5.91 Å². The Labute approximate surface area is 173 Å². The molecule has 6 nitrogen and oxygen atoms in total. The fourth-order valence-electron chi connectivity index (χ4n) is 3.19. The Balaban J connectivity index is 1.35. The highest BCUT2D eigenvalue weighted by Crippen LogP contribution is 2.26. The molecule has 1 atom stereocenters. The number of hydrogen-bond donors (Lipinski definition) is 1. The first-order valence-electron chi connectivity index (χ1n) is 9.76. The van der Waals surface area contributed by atoms with E-state index in [0.29, 0.717) is 18.0 Å². The van der Waals surface area contributed by atoms with Crippen LogP contribution in [0.1, 0.15) is 25.0 Å². The molecule has 0 radical (unpaired) electrons. The number of pyridine rings is 1. The Morgan fingerprint density at radius 2 is 2.17 bits per heavy atom. The van der Waals surface area contributed by atoms with Crippen LogP contribution in [0, 0.1) is 0 Å². The molecule has 1 fully saturated rings. The van der Waals surface area contributed by atoms with Crippen molar-refractivity contribution in [1.29, 1.82) is 0 Å². The lowest BCUT2D eigenvalue weighted by Gasteiger charge is -2.23. The number of aromatic nitrogens is 2. The van der Waals surface area contributed by atoms with Crippen molar-refractivity contribution in [2.24, 2.45) is 0 Å². The number of anilines is 1. The fraction of sp³-hybridized carbons (Fsp3) is 0.318. The third-order valence-electron chi connectivity index (χ3n) is 4.66. The smallest absolute Gasteiger partial charge is 0.230 e. The van der Waals surface area contributed by atoms with E-state index in [1.54, 1.807) is 12.4 Å². The molecule has 0 bridgehead atoms. The highest BCUT2D eigenvalue weighted by atomic mass is 32.1. The Bertz CT molecular complexity index is 939. The molecule has 1 aromatic carbocycles. The van der Waals surface area contributed by atoms with E-state index in [4.69, 9.17) is 9.47 Å². The number of para-hydroxylation sites is 2. The van der Waals surface area contributed by atoms with E-state index in [9.17, 15) is 4.79 Å². The second-order valence-electron chi connectivity index (χ2n) is 6.91. The number of rotatable bonds is 7. The van der Waals surface area contributed by atoms with Gasteiger partial charge in [-0.25, -0.2) is 4.98 Å². The molecule has 1 N–H and O–H groups in total. The zero-order valence-electron chi connectivity index (χ0n) is 16.0. The summed E-state index contributed by atoms with van der Waals surface area (Å²) in [5.74, 6) is 0.530. The summed E-state index contributed by atoms with van der Waals surface area (Å²) in [7, 11) is 0. The van der Waals surface area contributed by atoms with Crippen molar-refractivity contribution >= 4 is 22.9 Å². The molecule has 150 valence electrons. The van der Waals surface area contributed by atoms with Gasteiger partial charge in [-0.2, -0.15) is 0 Å². The zero-order valence-corrected chi connectivity index (χ0v) is 16.9. The summed E-state index contributed by atoms with van der Waals surface area (Å²) in [5.41, 5.74) is 2.35. The second-order valence-corrected chi connectivity index (χ2v) is 7.76. The average molecular weight is 410 g/mol. The molecule has 4 rings (SSSR count). The van der Waals surface area contributed by atoms with Crippen molar-refractivity contribution in [2.45, 2.75) is 31.8 Å². The highest BCUT2D eigenvalue weighted by Gasteiger charge is 2.16. The highest BCUT2D eigenvalue weighted by molar-refractivity contribution is 7.13. The SMILES string of the molecule is O=C(Cc1csc(-c2cccnc2)n1)Nc1ccccc1OCC1CCCCO1. The molecule has 3 heterocycles. The topological polar surface area (TPSA) is 73.3 Å². The van der Waals surface area contributed by atoms with Gasteiger partial charge in [0.1, 0.15) is 17.4 Å². The normalized spacial score (nSPS) is 16.3. The third kappa shape index (κ3) is 5.40. The summed E-state index contributed by atoms with van der Waals surface area (Å²) in [5, 5.41) is 5.71. The first-order valence-corrected chi connectivity index (χ1v) is 10.6. The molecule has 0 spiro atoms. The summed E-state index contributed by atoms with van der Waals surface area (Å²) in [6, 6.07) is 11.3. The molecule has 29 heavy (non-hydrogen) atoms. The molecular formula is C22H23N3O3S. The number of benzene rings is 1. The van der Waals surface area contributed by atoms with E-state index in [0.717, 1.165) is 35.7 Å². The number of amides is 1. The van der Waals surface area contributed by atoms with Crippen LogP contribution in [-0.4, -0.2) is 35.2 Å². The van der Waals surface area contributed by atoms with Crippen LogP contribution in [0.3, 0.4) is 0 Å². The van der Waals surface area contributed by atoms with Crippen LogP contribution in [-0.2, 0) is 16.0 Å². The molecule has 0 aliphatic carbocycles. The molecule has 0 saturated carbocycles. The summed E-state index contributed by atoms with van der Waals surface area (Å²) >= 11 is 1.51. The number of ether oxygens (including phenoxy) is 2. The Kier molecular flexibility index (Phi) is 6.49. The molecule has 7 heteroatoms. The summed E-state index contributed by atoms with van der Waals surface area (Å²) < 4.78 is 11.6. The Morgan fingerprint density at radius 3 is 3.00 bits per heavy atom. The van der Waals surface area contributed by atoms with Gasteiger partial charge < -0.3 is 14.8 Å². The number of thiazole rings is 1. The lowest BCUT2D eigenvalue weighted by atomic mass is 10.1. The third-order valence-corrected chi connectivity index (χ3v) is 5.60. The van der Waals surface area contributed by atoms with Gasteiger partial charge in [-0.3, -0.25) is 9.78 Å². The van der Waals surface area contributed by atoms with E-state index in [1.807, 2.05) is 41.8 Å². The van der Waals surface area contributed by atoms with Gasteiger partial charge in [-0.15, -0.1) is 11.3 Å². The maximum absolute atomic E-state index is 12.5. The van der Waals surface area contributed by atoms with Crippen LogP contribution in [0.2, 0.25) is 0 Å². The minimum absolute atomic E-state index is 0.119. The van der Waals surface area contributed by atoms with E-state index in [-0.39, 0.29) is 18.4 Å². The second kappa shape index (κ2) is 9.62. The van der Waals surface area contributed by atoms with E-state index >= 15 is 0 Å². The van der Waals surface area contributed by atoms with Crippen molar-refractivity contribution in [3.05, 3.63) is 59.9 Å². The lowest BCUT2D eigenvalue weighted by molar-refractivity contribution is -0.115. The van der Waals surface area contributed by atoms with Crippen molar-refractivity contribution in [2.75, 3.05) is 18.5 Å². The van der Waals surface area contributed by atoms with Gasteiger partial charge in [0.25, 0.3) is 0 Å². The number of hydrogen-bond acceptors (Lipinski definition) is 6. The minimum atomic E-state index is -0.127. The van der Waals surface area contributed by atoms with Crippen molar-refractivity contribution < 1.29 is 14.3 Å². The monoisotopic (exact) mass is 409 g/mol. The molecule has 1 saturated heterocycles. The summed E-state index contributed by atoms with van der Waals surface area (Å²) in [6.07, 6.45) is 7.11. The molecule has 2 aromatic heterocycles. The molecule has 1 unspecified atom stereocenters. The average Bonchev–Trinajstić information content (AvgIpc) is 3.23. The maximum Gasteiger partial charge on any atom is 0.230 e. The van der Waals surface area contributed by atoms with Crippen molar-refractivity contribution in [3.8, 4) is 16.3 Å². The maximum atomic E-state index is 12.5. The Morgan fingerprint density at radius 1 is 1.24 bits per heavy atom. The predicted molar refractivity (Wildman–Crippen MR) is 113 cm³/mol. The van der Waals surface area contributed by atoms with Gasteiger partial charge in [-0.1, -0.05) is 12.1 Å². The van der Waals surface area contributed by atoms with Crippen LogP contribution in [0.15, 0.2) is 54.2 Å². The first kappa shape index (κ1) is 19.5. The van der Waals surface area contributed by atoms with Crippen LogP contribution < -0.4 is 10.1 Å². The van der Waals surface area contributed by atoms with Gasteiger partial charge in [0.05, 0.1) is 23.9 Å². The van der Waals surface area contributed by atoms with Crippen molar-refractivity contribution in [1.82, 2.24) is 9.97 Å². The number of nitrogens with zero attached hydrogens (tertiary/aromatic N) is 2. The van der Waals surface area contributed by atoms with Gasteiger partial charge in [-0.05, 0) is 43.5 Å². The lowest BCUT2D eigenvalue weighted by Crippen LogP contribution is -2.26. The minimum Gasteiger partial charge on any atom is -0.489 e. The molecule has 1 amide bonds. The summed E-state index contributed by atoms with van der Waals surface area (Å²) in [4.78, 5) is 21.2. The Hall–Kier alpha value is -2.77. The molecule has 1 aliphatic heterocycles. The van der Waals surface area contributed by atoms with Crippen LogP contribution in [0.25, 0.3) is 10.6 Å². The van der Waals surface area contributed by atoms with Gasteiger partial charge in [0, 0.05) is 29.9 Å².